The van der Waals surface area contributed by atoms with Gasteiger partial charge in [0.25, 0.3) is 11.6 Å². The summed E-state index contributed by atoms with van der Waals surface area (Å²) in [5.74, 6) is -1.39. The molecule has 0 fully saturated rings. The fourth-order valence-corrected chi connectivity index (χ4v) is 2.31. The molecule has 11 nitrogen and oxygen atoms in total. The standard InChI is InChI=1S/C13H10N4O7S/c18-10(15-13-14-6-11(25-13)17(22)23)7-24-12(19)5-8-1-3-9(4-2-8)16(20)21/h1-4,6H,5,7H2,(H,14,15,18). The summed E-state index contributed by atoms with van der Waals surface area (Å²) in [6, 6.07) is 5.33. The molecule has 1 amide bonds. The van der Waals surface area contributed by atoms with E-state index in [4.69, 9.17) is 4.74 Å². The third-order valence-electron chi connectivity index (χ3n) is 2.78. The van der Waals surface area contributed by atoms with Crippen LogP contribution in [0, 0.1) is 20.2 Å². The van der Waals surface area contributed by atoms with Crippen LogP contribution >= 0.6 is 11.3 Å². The van der Waals surface area contributed by atoms with Gasteiger partial charge in [0, 0.05) is 12.1 Å². The van der Waals surface area contributed by atoms with Crippen LogP contribution in [0.15, 0.2) is 30.5 Å². The lowest BCUT2D eigenvalue weighted by Crippen LogP contribution is -2.21. The van der Waals surface area contributed by atoms with E-state index in [9.17, 15) is 29.8 Å². The van der Waals surface area contributed by atoms with Gasteiger partial charge in [0.15, 0.2) is 11.7 Å². The van der Waals surface area contributed by atoms with Crippen molar-refractivity contribution < 1.29 is 24.2 Å². The van der Waals surface area contributed by atoms with Gasteiger partial charge in [0.2, 0.25) is 0 Å². The molecule has 1 heterocycles. The van der Waals surface area contributed by atoms with Crippen molar-refractivity contribution in [2.24, 2.45) is 0 Å². The van der Waals surface area contributed by atoms with Crippen LogP contribution in [0.3, 0.4) is 0 Å². The molecule has 0 unspecified atom stereocenters. The number of hydrogen-bond donors (Lipinski definition) is 1. The van der Waals surface area contributed by atoms with Gasteiger partial charge in [0.1, 0.15) is 6.20 Å². The summed E-state index contributed by atoms with van der Waals surface area (Å²) in [4.78, 5) is 46.7. The molecule has 25 heavy (non-hydrogen) atoms. The molecule has 130 valence electrons. The number of rotatable bonds is 7. The minimum Gasteiger partial charge on any atom is -0.455 e. The first-order valence-electron chi connectivity index (χ1n) is 6.64. The van der Waals surface area contributed by atoms with Gasteiger partial charge < -0.3 is 4.74 Å². The molecule has 0 bridgehead atoms. The van der Waals surface area contributed by atoms with Crippen LogP contribution in [-0.4, -0.2) is 33.3 Å². The third kappa shape index (κ3) is 5.31. The van der Waals surface area contributed by atoms with Crippen LogP contribution in [0.4, 0.5) is 15.8 Å². The second-order valence-corrected chi connectivity index (χ2v) is 5.58. The first-order chi connectivity index (χ1) is 11.8. The monoisotopic (exact) mass is 366 g/mol. The minimum absolute atomic E-state index is 0.0168. The molecule has 0 radical (unpaired) electrons. The van der Waals surface area contributed by atoms with Crippen LogP contribution in [0.5, 0.6) is 0 Å². The van der Waals surface area contributed by atoms with Crippen molar-refractivity contribution in [1.82, 2.24) is 4.98 Å². The smallest absolute Gasteiger partial charge is 0.345 e. The number of ether oxygens (including phenoxy) is 1. The van der Waals surface area contributed by atoms with Crippen LogP contribution < -0.4 is 5.32 Å². The predicted octanol–water partition coefficient (Wildman–Crippen LogP) is 1.68. The molecule has 12 heteroatoms. The van der Waals surface area contributed by atoms with Crippen molar-refractivity contribution in [1.29, 1.82) is 0 Å². The van der Waals surface area contributed by atoms with Crippen molar-refractivity contribution in [3.63, 3.8) is 0 Å². The molecule has 2 rings (SSSR count). The van der Waals surface area contributed by atoms with Gasteiger partial charge in [-0.05, 0) is 16.9 Å². The maximum absolute atomic E-state index is 11.6. The maximum Gasteiger partial charge on any atom is 0.345 e. The number of carbonyl (C=O) groups is 2. The molecule has 0 saturated carbocycles. The van der Waals surface area contributed by atoms with E-state index in [0.717, 1.165) is 6.20 Å². The number of non-ortho nitro benzene ring substituents is 1. The zero-order chi connectivity index (χ0) is 18.4. The van der Waals surface area contributed by atoms with Crippen LogP contribution in [0.2, 0.25) is 0 Å². The zero-order valence-corrected chi connectivity index (χ0v) is 13.2. The van der Waals surface area contributed by atoms with Crippen molar-refractivity contribution in [3.05, 3.63) is 56.3 Å². The summed E-state index contributed by atoms with van der Waals surface area (Å²) < 4.78 is 4.77. The molecular weight excluding hydrogens is 356 g/mol. The van der Waals surface area contributed by atoms with E-state index < -0.39 is 28.3 Å². The molecule has 0 atom stereocenters. The second kappa shape index (κ2) is 7.92. The van der Waals surface area contributed by atoms with Gasteiger partial charge in [-0.25, -0.2) is 4.98 Å². The average Bonchev–Trinajstić information content (AvgIpc) is 3.02. The van der Waals surface area contributed by atoms with E-state index in [1.54, 1.807) is 0 Å². The highest BCUT2D eigenvalue weighted by Gasteiger charge is 2.15. The summed E-state index contributed by atoms with van der Waals surface area (Å²) in [5, 5.41) is 23.1. The lowest BCUT2D eigenvalue weighted by Gasteiger charge is -2.04. The van der Waals surface area contributed by atoms with Gasteiger partial charge in [-0.15, -0.1) is 0 Å². The highest BCUT2D eigenvalue weighted by atomic mass is 32.1. The molecule has 1 aromatic heterocycles. The lowest BCUT2D eigenvalue weighted by atomic mass is 10.1. The van der Waals surface area contributed by atoms with Gasteiger partial charge in [-0.2, -0.15) is 0 Å². The SMILES string of the molecule is O=C(COC(=O)Cc1ccc([N+](=O)[O-])cc1)Nc1ncc([N+](=O)[O-])s1. The molecule has 1 aromatic carbocycles. The molecule has 2 aromatic rings. The lowest BCUT2D eigenvalue weighted by molar-refractivity contribution is -0.384. The number of nitro groups is 2. The quantitative estimate of drug-likeness (QED) is 0.441. The van der Waals surface area contributed by atoms with E-state index in [-0.39, 0.29) is 22.2 Å². The fourth-order valence-electron chi connectivity index (χ4n) is 1.66. The van der Waals surface area contributed by atoms with E-state index in [2.05, 4.69) is 10.3 Å². The van der Waals surface area contributed by atoms with Gasteiger partial charge in [-0.3, -0.25) is 35.1 Å². The Morgan fingerprint density at radius 1 is 1.16 bits per heavy atom. The Hall–Kier alpha value is -3.41. The Balaban J connectivity index is 1.79. The van der Waals surface area contributed by atoms with E-state index in [0.29, 0.717) is 16.9 Å². The molecule has 0 spiro atoms. The Bertz CT molecular complexity index is 818. The number of aromatic nitrogens is 1. The molecule has 0 aliphatic carbocycles. The minimum atomic E-state index is -0.700. The summed E-state index contributed by atoms with van der Waals surface area (Å²) in [6.45, 7) is -0.584. The fraction of sp³-hybridized carbons (Fsp3) is 0.154. The molecular formula is C13H10N4O7S. The van der Waals surface area contributed by atoms with Crippen LogP contribution in [0.1, 0.15) is 5.56 Å². The van der Waals surface area contributed by atoms with Crippen LogP contribution in [0.25, 0.3) is 0 Å². The van der Waals surface area contributed by atoms with Gasteiger partial charge in [0.05, 0.1) is 16.3 Å². The highest BCUT2D eigenvalue weighted by molar-refractivity contribution is 7.18. The highest BCUT2D eigenvalue weighted by Crippen LogP contribution is 2.24. The first kappa shape index (κ1) is 17.9. The number of anilines is 1. The Labute approximate surface area is 143 Å². The molecule has 0 saturated heterocycles. The van der Waals surface area contributed by atoms with Crippen molar-refractivity contribution in [2.75, 3.05) is 11.9 Å². The Kier molecular flexibility index (Phi) is 5.68. The summed E-state index contributed by atoms with van der Waals surface area (Å²) in [5.41, 5.74) is 0.389. The predicted molar refractivity (Wildman–Crippen MR) is 85.2 cm³/mol. The number of esters is 1. The van der Waals surface area contributed by atoms with Gasteiger partial charge >= 0.3 is 11.0 Å². The number of nitrogens with one attached hydrogen (secondary N) is 1. The van der Waals surface area contributed by atoms with E-state index in [1.165, 1.54) is 24.3 Å². The van der Waals surface area contributed by atoms with Crippen molar-refractivity contribution in [2.45, 2.75) is 6.42 Å². The first-order valence-corrected chi connectivity index (χ1v) is 7.46. The Morgan fingerprint density at radius 2 is 1.84 bits per heavy atom. The van der Waals surface area contributed by atoms with Crippen molar-refractivity contribution in [3.8, 4) is 0 Å². The summed E-state index contributed by atoms with van der Waals surface area (Å²) in [6.07, 6.45) is 0.842. The Morgan fingerprint density at radius 3 is 2.40 bits per heavy atom. The number of amides is 1. The number of carbonyl (C=O) groups excluding carboxylic acids is 2. The number of nitrogens with zero attached hydrogens (tertiary/aromatic N) is 3. The third-order valence-corrected chi connectivity index (χ3v) is 3.64. The normalized spacial score (nSPS) is 10.1. The number of benzene rings is 1. The largest absolute Gasteiger partial charge is 0.455 e. The molecule has 0 aliphatic heterocycles. The molecule has 0 aliphatic rings. The zero-order valence-electron chi connectivity index (χ0n) is 12.4. The average molecular weight is 366 g/mol. The topological polar surface area (TPSA) is 155 Å². The maximum atomic E-state index is 11.6. The molecule has 1 N–H and O–H groups in total. The van der Waals surface area contributed by atoms with Gasteiger partial charge in [-0.1, -0.05) is 12.1 Å². The van der Waals surface area contributed by atoms with Crippen LogP contribution in [-0.2, 0) is 20.7 Å². The number of thiazole rings is 1. The van der Waals surface area contributed by atoms with Crippen molar-refractivity contribution >= 4 is 39.0 Å². The van der Waals surface area contributed by atoms with E-state index in [1.807, 2.05) is 0 Å². The summed E-state index contributed by atoms with van der Waals surface area (Å²) in [7, 11) is 0. The van der Waals surface area contributed by atoms with E-state index >= 15 is 0 Å². The number of nitro benzene ring substituents is 1. The summed E-state index contributed by atoms with van der Waals surface area (Å²) >= 11 is 0.672. The number of hydrogen-bond acceptors (Lipinski definition) is 9. The second-order valence-electron chi connectivity index (χ2n) is 4.57.